The van der Waals surface area contributed by atoms with Crippen molar-refractivity contribution in [1.82, 2.24) is 9.71 Å². The number of anilines is 1. The Kier molecular flexibility index (Phi) is 6.32. The standard InChI is InChI=1S/C14H23N3O2S2/c1-2-6-16-13-3-7-15-11-14(13)21(18,19)17-10-12-4-8-20-9-5-12/h3,7,11-12,17H,2,4-6,8-10H2,1H3,(H,15,16). The molecule has 1 aromatic heterocycles. The number of rotatable bonds is 7. The monoisotopic (exact) mass is 329 g/mol. The normalized spacial score (nSPS) is 16.8. The Hall–Kier alpha value is -0.790. The van der Waals surface area contributed by atoms with Crippen molar-refractivity contribution < 1.29 is 8.42 Å². The van der Waals surface area contributed by atoms with Crippen molar-refractivity contribution in [3.05, 3.63) is 18.5 Å². The highest BCUT2D eigenvalue weighted by Gasteiger charge is 2.21. The van der Waals surface area contributed by atoms with Gasteiger partial charge in [0.25, 0.3) is 0 Å². The van der Waals surface area contributed by atoms with Crippen LogP contribution in [0.25, 0.3) is 0 Å². The molecule has 0 spiro atoms. The second-order valence-electron chi connectivity index (χ2n) is 5.21. The SMILES string of the molecule is CCCNc1ccncc1S(=O)(=O)NCC1CCSCC1. The van der Waals surface area contributed by atoms with Crippen molar-refractivity contribution in [2.24, 2.45) is 5.92 Å². The van der Waals surface area contributed by atoms with Crippen molar-refractivity contribution in [2.75, 3.05) is 29.9 Å². The van der Waals surface area contributed by atoms with Crippen LogP contribution in [0, 0.1) is 5.92 Å². The number of sulfonamides is 1. The van der Waals surface area contributed by atoms with Crippen LogP contribution in [0.5, 0.6) is 0 Å². The zero-order valence-corrected chi connectivity index (χ0v) is 14.0. The molecule has 1 aliphatic heterocycles. The summed E-state index contributed by atoms with van der Waals surface area (Å²) in [5, 5.41) is 3.14. The van der Waals surface area contributed by atoms with Crippen molar-refractivity contribution >= 4 is 27.5 Å². The molecule has 118 valence electrons. The van der Waals surface area contributed by atoms with Gasteiger partial charge in [0.05, 0.1) is 5.69 Å². The van der Waals surface area contributed by atoms with Gasteiger partial charge in [-0.15, -0.1) is 0 Å². The molecule has 2 rings (SSSR count). The van der Waals surface area contributed by atoms with E-state index in [2.05, 4.69) is 15.0 Å². The quantitative estimate of drug-likeness (QED) is 0.803. The first-order chi connectivity index (χ1) is 10.1. The summed E-state index contributed by atoms with van der Waals surface area (Å²) >= 11 is 1.94. The van der Waals surface area contributed by atoms with Gasteiger partial charge in [-0.3, -0.25) is 4.98 Å². The fraction of sp³-hybridized carbons (Fsp3) is 0.643. The number of hydrogen-bond acceptors (Lipinski definition) is 5. The van der Waals surface area contributed by atoms with E-state index in [4.69, 9.17) is 0 Å². The predicted octanol–water partition coefficient (Wildman–Crippen LogP) is 2.33. The molecule has 2 heterocycles. The Morgan fingerprint density at radius 3 is 2.86 bits per heavy atom. The number of nitrogens with one attached hydrogen (secondary N) is 2. The van der Waals surface area contributed by atoms with Gasteiger partial charge in [-0.2, -0.15) is 11.8 Å². The third-order valence-electron chi connectivity index (χ3n) is 3.54. The van der Waals surface area contributed by atoms with E-state index in [0.717, 1.165) is 37.3 Å². The second kappa shape index (κ2) is 8.00. The van der Waals surface area contributed by atoms with Crippen LogP contribution >= 0.6 is 11.8 Å². The van der Waals surface area contributed by atoms with Crippen LogP contribution in [0.4, 0.5) is 5.69 Å². The smallest absolute Gasteiger partial charge is 0.244 e. The number of thioether (sulfide) groups is 1. The maximum absolute atomic E-state index is 12.5. The molecule has 1 fully saturated rings. The highest BCUT2D eigenvalue weighted by atomic mass is 32.2. The minimum absolute atomic E-state index is 0.239. The summed E-state index contributed by atoms with van der Waals surface area (Å²) in [4.78, 5) is 4.19. The van der Waals surface area contributed by atoms with Crippen molar-refractivity contribution in [2.45, 2.75) is 31.1 Å². The lowest BCUT2D eigenvalue weighted by atomic mass is 10.0. The number of aromatic nitrogens is 1. The molecular formula is C14H23N3O2S2. The van der Waals surface area contributed by atoms with Gasteiger partial charge >= 0.3 is 0 Å². The molecule has 0 atom stereocenters. The van der Waals surface area contributed by atoms with Crippen LogP contribution < -0.4 is 10.0 Å². The molecule has 0 saturated carbocycles. The van der Waals surface area contributed by atoms with Crippen molar-refractivity contribution in [1.29, 1.82) is 0 Å². The van der Waals surface area contributed by atoms with E-state index < -0.39 is 10.0 Å². The molecule has 7 heteroatoms. The summed E-state index contributed by atoms with van der Waals surface area (Å²) in [5.74, 6) is 2.70. The molecule has 0 amide bonds. The highest BCUT2D eigenvalue weighted by Crippen LogP contribution is 2.23. The molecule has 0 unspecified atom stereocenters. The minimum atomic E-state index is -3.50. The van der Waals surface area contributed by atoms with Gasteiger partial charge in [0.1, 0.15) is 4.90 Å². The van der Waals surface area contributed by atoms with E-state index in [0.29, 0.717) is 18.2 Å². The Balaban J connectivity index is 2.04. The van der Waals surface area contributed by atoms with Gasteiger partial charge in [0.15, 0.2) is 0 Å². The molecule has 0 aromatic carbocycles. The first-order valence-corrected chi connectivity index (χ1v) is 10.0. The lowest BCUT2D eigenvalue weighted by Crippen LogP contribution is -2.31. The molecule has 1 aliphatic rings. The maximum Gasteiger partial charge on any atom is 0.244 e. The van der Waals surface area contributed by atoms with Gasteiger partial charge in [-0.25, -0.2) is 13.1 Å². The Bertz CT molecular complexity index is 543. The van der Waals surface area contributed by atoms with E-state index in [9.17, 15) is 8.42 Å². The molecule has 1 aromatic rings. The molecule has 21 heavy (non-hydrogen) atoms. The molecule has 0 aliphatic carbocycles. The Morgan fingerprint density at radius 1 is 1.38 bits per heavy atom. The third kappa shape index (κ3) is 4.86. The summed E-state index contributed by atoms with van der Waals surface area (Å²) in [6.45, 7) is 3.30. The number of pyridine rings is 1. The number of nitrogens with zero attached hydrogens (tertiary/aromatic N) is 1. The van der Waals surface area contributed by atoms with Crippen LogP contribution in [0.2, 0.25) is 0 Å². The van der Waals surface area contributed by atoms with Gasteiger partial charge in [0, 0.05) is 25.5 Å². The first-order valence-electron chi connectivity index (χ1n) is 7.38. The average molecular weight is 329 g/mol. The lowest BCUT2D eigenvalue weighted by Gasteiger charge is -2.21. The van der Waals surface area contributed by atoms with Gasteiger partial charge in [0.2, 0.25) is 10.0 Å². The first kappa shape index (κ1) is 16.6. The van der Waals surface area contributed by atoms with E-state index in [1.165, 1.54) is 6.20 Å². The average Bonchev–Trinajstić information content (AvgIpc) is 2.52. The van der Waals surface area contributed by atoms with Crippen LogP contribution in [0.1, 0.15) is 26.2 Å². The molecule has 2 N–H and O–H groups in total. The highest BCUT2D eigenvalue weighted by molar-refractivity contribution is 7.99. The van der Waals surface area contributed by atoms with Gasteiger partial charge < -0.3 is 5.32 Å². The Morgan fingerprint density at radius 2 is 2.14 bits per heavy atom. The summed E-state index contributed by atoms with van der Waals surface area (Å²) in [6, 6.07) is 1.71. The van der Waals surface area contributed by atoms with Crippen LogP contribution in [0.3, 0.4) is 0 Å². The third-order valence-corrected chi connectivity index (χ3v) is 6.04. The molecule has 5 nitrogen and oxygen atoms in total. The maximum atomic E-state index is 12.5. The zero-order chi connectivity index (χ0) is 15.1. The van der Waals surface area contributed by atoms with Crippen LogP contribution in [0.15, 0.2) is 23.4 Å². The van der Waals surface area contributed by atoms with E-state index in [-0.39, 0.29) is 4.90 Å². The van der Waals surface area contributed by atoms with E-state index in [1.54, 1.807) is 12.3 Å². The summed E-state index contributed by atoms with van der Waals surface area (Å²) < 4.78 is 27.7. The molecule has 1 saturated heterocycles. The number of hydrogen-bond donors (Lipinski definition) is 2. The summed E-state index contributed by atoms with van der Waals surface area (Å²) in [7, 11) is -3.50. The minimum Gasteiger partial charge on any atom is -0.384 e. The topological polar surface area (TPSA) is 71.1 Å². The molecule has 0 bridgehead atoms. The fourth-order valence-corrected chi connectivity index (χ4v) is 4.70. The van der Waals surface area contributed by atoms with Crippen molar-refractivity contribution in [3.8, 4) is 0 Å². The predicted molar refractivity (Wildman–Crippen MR) is 88.3 cm³/mol. The van der Waals surface area contributed by atoms with Crippen molar-refractivity contribution in [3.63, 3.8) is 0 Å². The van der Waals surface area contributed by atoms with Gasteiger partial charge in [-0.05, 0) is 42.8 Å². The largest absolute Gasteiger partial charge is 0.384 e. The molecule has 0 radical (unpaired) electrons. The van der Waals surface area contributed by atoms with Gasteiger partial charge in [-0.1, -0.05) is 6.92 Å². The van der Waals surface area contributed by atoms with E-state index >= 15 is 0 Å². The zero-order valence-electron chi connectivity index (χ0n) is 12.3. The Labute approximate surface area is 131 Å². The fourth-order valence-electron chi connectivity index (χ4n) is 2.26. The van der Waals surface area contributed by atoms with E-state index in [1.807, 2.05) is 18.7 Å². The molecular weight excluding hydrogens is 306 g/mol. The second-order valence-corrected chi connectivity index (χ2v) is 8.17. The van der Waals surface area contributed by atoms with Crippen LogP contribution in [-0.2, 0) is 10.0 Å². The van der Waals surface area contributed by atoms with Crippen LogP contribution in [-0.4, -0.2) is 38.0 Å². The summed E-state index contributed by atoms with van der Waals surface area (Å²) in [5.41, 5.74) is 0.624. The lowest BCUT2D eigenvalue weighted by molar-refractivity contribution is 0.476. The summed E-state index contributed by atoms with van der Waals surface area (Å²) in [6.07, 6.45) is 6.13.